The molecule has 2 aliphatic rings. The van der Waals surface area contributed by atoms with Gasteiger partial charge < -0.3 is 55.2 Å². The van der Waals surface area contributed by atoms with Gasteiger partial charge in [-0.15, -0.1) is 0 Å². The maximum atomic E-state index is 12.0. The Hall–Kier alpha value is -4.29. The Morgan fingerprint density at radius 3 is 2.38 bits per heavy atom. The summed E-state index contributed by atoms with van der Waals surface area (Å²) in [6, 6.07) is 4.20. The molecule has 0 aliphatic carbocycles. The van der Waals surface area contributed by atoms with Gasteiger partial charge in [0.25, 0.3) is 11.8 Å². The molecule has 17 heteroatoms. The minimum Gasteiger partial charge on any atom is -0.491 e. The number of nitrogens with zero attached hydrogens (tertiary/aromatic N) is 1. The van der Waals surface area contributed by atoms with E-state index in [1.54, 1.807) is 0 Å². The third-order valence-corrected chi connectivity index (χ3v) is 6.71. The summed E-state index contributed by atoms with van der Waals surface area (Å²) in [7, 11) is 0. The number of hydrogen-bond donors (Lipinski definition) is 6. The minimum absolute atomic E-state index is 0.0209. The number of unbranched alkanes of at least 4 members (excludes halogenated alkanes) is 2. The highest BCUT2D eigenvalue weighted by molar-refractivity contribution is 6.12. The van der Waals surface area contributed by atoms with Crippen molar-refractivity contribution >= 4 is 29.8 Å². The van der Waals surface area contributed by atoms with Crippen molar-refractivity contribution in [3.05, 3.63) is 35.9 Å². The highest BCUT2D eigenvalue weighted by Gasteiger charge is 2.48. The third kappa shape index (κ3) is 10.7. The van der Waals surface area contributed by atoms with Crippen LogP contribution in [0.1, 0.15) is 31.2 Å². The monoisotopic (exact) mass is 639 g/mol. The molecule has 17 nitrogen and oxygen atoms in total. The van der Waals surface area contributed by atoms with Gasteiger partial charge in [0.1, 0.15) is 43.0 Å². The van der Waals surface area contributed by atoms with E-state index in [9.17, 15) is 44.4 Å². The van der Waals surface area contributed by atoms with Gasteiger partial charge in [0.05, 0.1) is 13.2 Å². The van der Waals surface area contributed by atoms with Crippen molar-refractivity contribution in [3.63, 3.8) is 0 Å². The van der Waals surface area contributed by atoms with Gasteiger partial charge in [-0.1, -0.05) is 6.42 Å². The largest absolute Gasteiger partial charge is 0.491 e. The number of carbonyl (C=O) groups is 5. The molecule has 2 aliphatic heterocycles. The third-order valence-electron chi connectivity index (χ3n) is 6.71. The second-order valence-electron chi connectivity index (χ2n) is 10.0. The number of benzene rings is 1. The molecule has 1 saturated heterocycles. The molecule has 1 aromatic rings. The van der Waals surface area contributed by atoms with Gasteiger partial charge in [-0.2, -0.15) is 0 Å². The van der Waals surface area contributed by atoms with E-state index < -0.39 is 42.8 Å². The Morgan fingerprint density at radius 1 is 0.956 bits per heavy atom. The number of hydrogen-bond acceptors (Lipinski definition) is 13. The van der Waals surface area contributed by atoms with Crippen LogP contribution in [0.25, 0.3) is 0 Å². The number of nitrogens with one attached hydrogen (secondary N) is 1. The van der Waals surface area contributed by atoms with Gasteiger partial charge >= 0.3 is 12.1 Å². The molecule has 1 fully saturated rings. The second-order valence-corrected chi connectivity index (χ2v) is 10.0. The summed E-state index contributed by atoms with van der Waals surface area (Å²) in [5, 5.41) is 42.0. The molecule has 2 heterocycles. The zero-order valence-electron chi connectivity index (χ0n) is 24.2. The van der Waals surface area contributed by atoms with Crippen molar-refractivity contribution in [2.75, 3.05) is 32.9 Å². The molecule has 1 aromatic carbocycles. The van der Waals surface area contributed by atoms with Crippen LogP contribution < -0.4 is 20.5 Å². The molecule has 5 atom stereocenters. The molecular formula is C28H37N3O14. The van der Waals surface area contributed by atoms with Crippen molar-refractivity contribution in [2.45, 2.75) is 63.0 Å². The van der Waals surface area contributed by atoms with E-state index in [2.05, 4.69) is 5.32 Å². The van der Waals surface area contributed by atoms with Gasteiger partial charge in [-0.05, 0) is 25.0 Å². The number of imide groups is 1. The Morgan fingerprint density at radius 2 is 1.69 bits per heavy atom. The van der Waals surface area contributed by atoms with Crippen LogP contribution in [0.5, 0.6) is 11.5 Å². The number of aliphatic hydroxyl groups excluding tert-OH is 3. The van der Waals surface area contributed by atoms with Crippen LogP contribution in [-0.2, 0) is 40.0 Å². The highest BCUT2D eigenvalue weighted by Crippen LogP contribution is 2.29. The van der Waals surface area contributed by atoms with E-state index in [4.69, 9.17) is 29.4 Å². The zero-order chi connectivity index (χ0) is 32.9. The van der Waals surface area contributed by atoms with Crippen LogP contribution in [0.2, 0.25) is 0 Å². The molecular weight excluding hydrogens is 602 g/mol. The Balaban J connectivity index is 1.39. The van der Waals surface area contributed by atoms with Crippen molar-refractivity contribution < 1.29 is 68.1 Å². The SMILES string of the molecule is NC(=O)OCc1ccc(O[C@@H]2O[C@H](C(=O)O)[C@@H](O)[C@H](O)[C@H]2O)cc1OCCOCCNC(=O)CCCCCN1C(=O)C=CC1=O. The topological polar surface area (TPSA) is 254 Å². The highest BCUT2D eigenvalue weighted by atomic mass is 16.7. The first-order valence-electron chi connectivity index (χ1n) is 14.1. The number of primary amides is 1. The molecule has 0 saturated carbocycles. The van der Waals surface area contributed by atoms with Crippen molar-refractivity contribution in [3.8, 4) is 11.5 Å². The minimum atomic E-state index is -1.88. The summed E-state index contributed by atoms with van der Waals surface area (Å²) in [6.07, 6.45) is -5.38. The van der Waals surface area contributed by atoms with Gasteiger partial charge in [-0.3, -0.25) is 19.3 Å². The number of carbonyl (C=O) groups excluding carboxylic acids is 4. The molecule has 45 heavy (non-hydrogen) atoms. The number of nitrogens with two attached hydrogens (primary N) is 1. The molecule has 0 radical (unpaired) electrons. The lowest BCUT2D eigenvalue weighted by molar-refractivity contribution is -0.271. The predicted octanol–water partition coefficient (Wildman–Crippen LogP) is -1.45. The molecule has 7 N–H and O–H groups in total. The number of amides is 4. The smallest absolute Gasteiger partial charge is 0.404 e. The normalized spacial score (nSPS) is 22.7. The number of aliphatic hydroxyl groups is 3. The Kier molecular flexibility index (Phi) is 13.5. The standard InChI is InChI=1S/C28H37N3O14/c29-28(40)43-15-16-5-6-17(44-27-24(37)22(35)23(36)25(45-27)26(38)39)14-18(16)42-13-12-41-11-9-30-19(32)4-2-1-3-10-31-20(33)7-8-21(31)34/h5-8,14,22-25,27,35-37H,1-4,9-13,15H2,(H2,29,40)(H,30,32)(H,38,39)/t22-,23-,24+,25-,27+/m0/s1. The molecule has 0 spiro atoms. The Labute approximate surface area is 257 Å². The quantitative estimate of drug-likeness (QED) is 0.0794. The van der Waals surface area contributed by atoms with E-state index in [1.165, 1.54) is 30.4 Å². The van der Waals surface area contributed by atoms with E-state index in [1.807, 2.05) is 0 Å². The van der Waals surface area contributed by atoms with Crippen LogP contribution in [0.15, 0.2) is 30.4 Å². The number of carboxylic acids is 1. The van der Waals surface area contributed by atoms with Gasteiger partial charge in [0.15, 0.2) is 6.10 Å². The van der Waals surface area contributed by atoms with Crippen LogP contribution in [0.3, 0.4) is 0 Å². The maximum Gasteiger partial charge on any atom is 0.404 e. The van der Waals surface area contributed by atoms with Crippen LogP contribution >= 0.6 is 0 Å². The molecule has 0 bridgehead atoms. The summed E-state index contributed by atoms with van der Waals surface area (Å²) in [6.45, 7) is 0.640. The average Bonchev–Trinajstić information content (AvgIpc) is 3.32. The van der Waals surface area contributed by atoms with Crippen LogP contribution in [0.4, 0.5) is 4.79 Å². The predicted molar refractivity (Wildman–Crippen MR) is 149 cm³/mol. The first-order valence-corrected chi connectivity index (χ1v) is 14.1. The maximum absolute atomic E-state index is 12.0. The van der Waals surface area contributed by atoms with Crippen LogP contribution in [0, 0.1) is 0 Å². The van der Waals surface area contributed by atoms with Crippen LogP contribution in [-0.4, -0.2) is 119 Å². The fourth-order valence-electron chi connectivity index (χ4n) is 4.34. The second kappa shape index (κ2) is 17.3. The lowest BCUT2D eigenvalue weighted by Crippen LogP contribution is -2.61. The first kappa shape index (κ1) is 35.2. The number of aliphatic carboxylic acids is 1. The molecule has 248 valence electrons. The molecule has 4 amide bonds. The average molecular weight is 640 g/mol. The molecule has 0 aromatic heterocycles. The lowest BCUT2D eigenvalue weighted by atomic mass is 9.99. The van der Waals surface area contributed by atoms with Gasteiger partial charge in [0, 0.05) is 43.3 Å². The molecule has 0 unspecified atom stereocenters. The van der Waals surface area contributed by atoms with Crippen molar-refractivity contribution in [1.82, 2.24) is 10.2 Å². The van der Waals surface area contributed by atoms with Gasteiger partial charge in [-0.25, -0.2) is 9.59 Å². The van der Waals surface area contributed by atoms with E-state index >= 15 is 0 Å². The van der Waals surface area contributed by atoms with Crippen molar-refractivity contribution in [2.24, 2.45) is 5.73 Å². The fraction of sp³-hybridized carbons (Fsp3) is 0.536. The molecule has 3 rings (SSSR count). The Bertz CT molecular complexity index is 1220. The summed E-state index contributed by atoms with van der Waals surface area (Å²) in [4.78, 5) is 58.6. The van der Waals surface area contributed by atoms with E-state index in [0.29, 0.717) is 31.4 Å². The number of carboxylic acid groups (broad SMARTS) is 1. The lowest BCUT2D eigenvalue weighted by Gasteiger charge is -2.38. The summed E-state index contributed by atoms with van der Waals surface area (Å²) in [5.41, 5.74) is 5.43. The summed E-state index contributed by atoms with van der Waals surface area (Å²) in [5.74, 6) is -2.18. The zero-order valence-corrected chi connectivity index (χ0v) is 24.2. The number of ether oxygens (including phenoxy) is 5. The van der Waals surface area contributed by atoms with Gasteiger partial charge in [0.2, 0.25) is 12.2 Å². The first-order chi connectivity index (χ1) is 21.5. The number of rotatable bonds is 18. The van der Waals surface area contributed by atoms with E-state index in [-0.39, 0.29) is 68.6 Å². The van der Waals surface area contributed by atoms with E-state index in [0.717, 1.165) is 4.90 Å². The summed E-state index contributed by atoms with van der Waals surface area (Å²) >= 11 is 0. The fourth-order valence-corrected chi connectivity index (χ4v) is 4.34. The van der Waals surface area contributed by atoms with Crippen molar-refractivity contribution in [1.29, 1.82) is 0 Å². The summed E-state index contributed by atoms with van der Waals surface area (Å²) < 4.78 is 26.7.